The third-order valence-electron chi connectivity index (χ3n) is 4.84. The van der Waals surface area contributed by atoms with Gasteiger partial charge >= 0.3 is 0 Å². The lowest BCUT2D eigenvalue weighted by molar-refractivity contribution is 1.53. The zero-order chi connectivity index (χ0) is 18.6. The van der Waals surface area contributed by atoms with Crippen LogP contribution in [0.1, 0.15) is 11.1 Å². The van der Waals surface area contributed by atoms with Gasteiger partial charge in [-0.15, -0.1) is 0 Å². The minimum absolute atomic E-state index is 1.16. The standard InChI is InChI=1S/C14H11N.C12H10/c1-2-10-6-5-8-12-11-7-3-4-9-13(11)15-14(10)12;1-2-10-7-5-8-11-6-3-4-9-12(10)11/h2-9,15H,1H2;2-9H,1H2. The average Bonchev–Trinajstić information content (AvgIpc) is 3.12. The van der Waals surface area contributed by atoms with Gasteiger partial charge in [0.25, 0.3) is 0 Å². The Balaban J connectivity index is 0.000000137. The molecule has 1 nitrogen and oxygen atoms in total. The number of para-hydroxylation sites is 2. The van der Waals surface area contributed by atoms with Crippen LogP contribution in [0, 0.1) is 0 Å². The SMILES string of the molecule is C=Cc1cccc2c1[nH]c1ccccc12.C=Cc1cccc2ccccc12. The third kappa shape index (κ3) is 3.16. The monoisotopic (exact) mass is 347 g/mol. The van der Waals surface area contributed by atoms with Crippen LogP contribution in [0.5, 0.6) is 0 Å². The second kappa shape index (κ2) is 7.35. The van der Waals surface area contributed by atoms with Crippen LogP contribution < -0.4 is 0 Å². The largest absolute Gasteiger partial charge is 0.354 e. The van der Waals surface area contributed by atoms with Crippen molar-refractivity contribution in [3.63, 3.8) is 0 Å². The Morgan fingerprint density at radius 2 is 1.15 bits per heavy atom. The van der Waals surface area contributed by atoms with Crippen molar-refractivity contribution in [1.82, 2.24) is 4.98 Å². The van der Waals surface area contributed by atoms with Crippen molar-refractivity contribution in [3.05, 3.63) is 109 Å². The first-order chi connectivity index (χ1) is 13.3. The number of benzene rings is 4. The van der Waals surface area contributed by atoms with E-state index in [9.17, 15) is 0 Å². The predicted octanol–water partition coefficient (Wildman–Crippen LogP) is 7.45. The Labute approximate surface area is 159 Å². The van der Waals surface area contributed by atoms with Crippen LogP contribution in [-0.4, -0.2) is 4.98 Å². The molecule has 1 heteroatoms. The molecule has 27 heavy (non-hydrogen) atoms. The number of rotatable bonds is 2. The Morgan fingerprint density at radius 3 is 1.96 bits per heavy atom. The minimum atomic E-state index is 1.16. The topological polar surface area (TPSA) is 15.8 Å². The van der Waals surface area contributed by atoms with Gasteiger partial charge in [0.1, 0.15) is 0 Å². The van der Waals surface area contributed by atoms with Crippen molar-refractivity contribution in [2.45, 2.75) is 0 Å². The lowest BCUT2D eigenvalue weighted by Gasteiger charge is -1.99. The summed E-state index contributed by atoms with van der Waals surface area (Å²) in [6.07, 6.45) is 3.78. The first-order valence-corrected chi connectivity index (χ1v) is 9.04. The van der Waals surface area contributed by atoms with Gasteiger partial charge in [0.15, 0.2) is 0 Å². The van der Waals surface area contributed by atoms with E-state index in [0.29, 0.717) is 0 Å². The van der Waals surface area contributed by atoms with E-state index in [1.807, 2.05) is 18.2 Å². The maximum Gasteiger partial charge on any atom is 0.0538 e. The highest BCUT2D eigenvalue weighted by Crippen LogP contribution is 2.27. The van der Waals surface area contributed by atoms with E-state index in [4.69, 9.17) is 0 Å². The van der Waals surface area contributed by atoms with Gasteiger partial charge in [0, 0.05) is 16.3 Å². The molecular formula is C26H21N. The summed E-state index contributed by atoms with van der Waals surface area (Å²) in [5, 5.41) is 5.09. The summed E-state index contributed by atoms with van der Waals surface area (Å²) in [7, 11) is 0. The van der Waals surface area contributed by atoms with Gasteiger partial charge in [-0.25, -0.2) is 0 Å². The van der Waals surface area contributed by atoms with E-state index < -0.39 is 0 Å². The molecule has 1 heterocycles. The Kier molecular flexibility index (Phi) is 4.59. The number of H-pyrrole nitrogens is 1. The molecule has 0 fully saturated rings. The summed E-state index contributed by atoms with van der Waals surface area (Å²) >= 11 is 0. The summed E-state index contributed by atoms with van der Waals surface area (Å²) in [5.74, 6) is 0. The molecule has 5 rings (SSSR count). The molecule has 0 aliphatic carbocycles. The molecular weight excluding hydrogens is 326 g/mol. The second-order valence-electron chi connectivity index (χ2n) is 6.42. The highest BCUT2D eigenvalue weighted by atomic mass is 14.7. The Hall–Kier alpha value is -3.58. The van der Waals surface area contributed by atoms with E-state index in [-0.39, 0.29) is 0 Å². The molecule has 1 aromatic heterocycles. The van der Waals surface area contributed by atoms with Crippen molar-refractivity contribution in [3.8, 4) is 0 Å². The van der Waals surface area contributed by atoms with Crippen LogP contribution in [0.2, 0.25) is 0 Å². The van der Waals surface area contributed by atoms with Gasteiger partial charge in [-0.1, -0.05) is 104 Å². The van der Waals surface area contributed by atoms with Crippen LogP contribution in [0.3, 0.4) is 0 Å². The summed E-state index contributed by atoms with van der Waals surface area (Å²) in [6, 6.07) is 29.2. The summed E-state index contributed by atoms with van der Waals surface area (Å²) in [4.78, 5) is 3.43. The van der Waals surface area contributed by atoms with Crippen LogP contribution in [-0.2, 0) is 0 Å². The minimum Gasteiger partial charge on any atom is -0.354 e. The molecule has 0 radical (unpaired) electrons. The lowest BCUT2D eigenvalue weighted by Crippen LogP contribution is -1.75. The molecule has 0 unspecified atom stereocenters. The van der Waals surface area contributed by atoms with Crippen molar-refractivity contribution < 1.29 is 0 Å². The summed E-state index contributed by atoms with van der Waals surface area (Å²) in [5.41, 5.74) is 4.72. The van der Waals surface area contributed by atoms with E-state index in [2.05, 4.69) is 97.0 Å². The molecule has 0 aliphatic rings. The van der Waals surface area contributed by atoms with Gasteiger partial charge < -0.3 is 4.98 Å². The first-order valence-electron chi connectivity index (χ1n) is 9.04. The smallest absolute Gasteiger partial charge is 0.0538 e. The van der Waals surface area contributed by atoms with E-state index in [1.54, 1.807) is 0 Å². The predicted molar refractivity (Wildman–Crippen MR) is 120 cm³/mol. The summed E-state index contributed by atoms with van der Waals surface area (Å²) < 4.78 is 0. The Bertz CT molecular complexity index is 1250. The van der Waals surface area contributed by atoms with Crippen LogP contribution in [0.25, 0.3) is 44.7 Å². The fraction of sp³-hybridized carbons (Fsp3) is 0. The average molecular weight is 347 g/mol. The highest BCUT2D eigenvalue weighted by Gasteiger charge is 2.04. The molecule has 0 saturated carbocycles. The summed E-state index contributed by atoms with van der Waals surface area (Å²) in [6.45, 7) is 7.61. The number of aromatic amines is 1. The van der Waals surface area contributed by atoms with E-state index in [1.165, 1.54) is 38.1 Å². The highest BCUT2D eigenvalue weighted by molar-refractivity contribution is 6.09. The zero-order valence-electron chi connectivity index (χ0n) is 15.2. The number of aromatic nitrogens is 1. The second-order valence-corrected chi connectivity index (χ2v) is 6.42. The normalized spacial score (nSPS) is 10.5. The maximum atomic E-state index is 3.83. The van der Waals surface area contributed by atoms with Gasteiger partial charge in [-0.3, -0.25) is 0 Å². The molecule has 0 amide bonds. The van der Waals surface area contributed by atoms with Gasteiger partial charge in [0.05, 0.1) is 5.52 Å². The number of fused-ring (bicyclic) bond motifs is 4. The van der Waals surface area contributed by atoms with Crippen molar-refractivity contribution in [1.29, 1.82) is 0 Å². The molecule has 5 aromatic rings. The van der Waals surface area contributed by atoms with Crippen LogP contribution in [0.4, 0.5) is 0 Å². The van der Waals surface area contributed by atoms with E-state index >= 15 is 0 Å². The number of hydrogen-bond acceptors (Lipinski definition) is 0. The first kappa shape index (κ1) is 16.9. The molecule has 0 saturated heterocycles. The zero-order valence-corrected chi connectivity index (χ0v) is 15.2. The van der Waals surface area contributed by atoms with Gasteiger partial charge in [0.2, 0.25) is 0 Å². The van der Waals surface area contributed by atoms with E-state index in [0.717, 1.165) is 5.56 Å². The lowest BCUT2D eigenvalue weighted by atomic mass is 10.1. The number of hydrogen-bond donors (Lipinski definition) is 1. The Morgan fingerprint density at radius 1 is 0.556 bits per heavy atom. The number of nitrogens with one attached hydrogen (secondary N) is 1. The molecule has 0 bridgehead atoms. The van der Waals surface area contributed by atoms with Gasteiger partial charge in [-0.2, -0.15) is 0 Å². The quantitative estimate of drug-likeness (QED) is 0.341. The molecule has 1 N–H and O–H groups in total. The van der Waals surface area contributed by atoms with Crippen molar-refractivity contribution in [2.24, 2.45) is 0 Å². The molecule has 0 aliphatic heterocycles. The molecule has 0 atom stereocenters. The molecule has 0 spiro atoms. The molecule has 4 aromatic carbocycles. The maximum absolute atomic E-state index is 3.83. The van der Waals surface area contributed by atoms with Crippen molar-refractivity contribution >= 4 is 44.7 Å². The van der Waals surface area contributed by atoms with Crippen LogP contribution in [0.15, 0.2) is 98.1 Å². The fourth-order valence-electron chi connectivity index (χ4n) is 3.49. The molecule has 130 valence electrons. The van der Waals surface area contributed by atoms with Crippen molar-refractivity contribution in [2.75, 3.05) is 0 Å². The third-order valence-corrected chi connectivity index (χ3v) is 4.84. The fourth-order valence-corrected chi connectivity index (χ4v) is 3.49. The van der Waals surface area contributed by atoms with Gasteiger partial charge in [-0.05, 0) is 28.0 Å². The van der Waals surface area contributed by atoms with Crippen LogP contribution >= 0.6 is 0 Å².